The Morgan fingerprint density at radius 1 is 1.00 bits per heavy atom. The van der Waals surface area contributed by atoms with Crippen LogP contribution in [-0.2, 0) is 11.3 Å². The Balaban J connectivity index is 1.30. The second-order valence-electron chi connectivity index (χ2n) is 8.73. The highest BCUT2D eigenvalue weighted by atomic mass is 16.7. The number of benzene rings is 2. The van der Waals surface area contributed by atoms with Crippen molar-refractivity contribution in [2.75, 3.05) is 38.3 Å². The van der Waals surface area contributed by atoms with E-state index >= 15 is 0 Å². The van der Waals surface area contributed by atoms with Crippen LogP contribution < -0.4 is 24.6 Å². The van der Waals surface area contributed by atoms with E-state index in [0.29, 0.717) is 12.7 Å². The molecule has 0 bridgehead atoms. The molecule has 2 aliphatic rings. The molecule has 3 N–H and O–H groups in total. The first-order chi connectivity index (χ1) is 14.5. The number of fused-ring (bicyclic) bond motifs is 1. The normalized spacial score (nSPS) is 21.5. The van der Waals surface area contributed by atoms with Gasteiger partial charge >= 0.3 is 0 Å². The Kier molecular flexibility index (Phi) is 6.25. The smallest absolute Gasteiger partial charge is 0.282 e. The van der Waals surface area contributed by atoms with Crippen LogP contribution in [0.3, 0.4) is 0 Å². The largest absolute Gasteiger partial charge is 0.454 e. The molecule has 1 amide bonds. The number of rotatable bonds is 6. The van der Waals surface area contributed by atoms with Gasteiger partial charge in [0.15, 0.2) is 17.5 Å². The molecule has 2 aromatic rings. The zero-order valence-electron chi connectivity index (χ0n) is 18.2. The quantitative estimate of drug-likeness (QED) is 0.661. The number of nitrogens with one attached hydrogen (secondary N) is 3. The number of hydrogen-bond acceptors (Lipinski definition) is 3. The van der Waals surface area contributed by atoms with E-state index in [4.69, 9.17) is 9.47 Å². The Labute approximate surface area is 178 Å². The fraction of sp³-hybridized carbons (Fsp3) is 0.458. The summed E-state index contributed by atoms with van der Waals surface area (Å²) in [5.41, 5.74) is 3.40. The summed E-state index contributed by atoms with van der Waals surface area (Å²) in [5, 5.41) is 3.17. The molecule has 0 aromatic heterocycles. The van der Waals surface area contributed by atoms with Crippen LogP contribution in [0.5, 0.6) is 11.5 Å². The van der Waals surface area contributed by atoms with Crippen molar-refractivity contribution >= 4 is 11.6 Å². The summed E-state index contributed by atoms with van der Waals surface area (Å²) in [6, 6.07) is 14.3. The average Bonchev–Trinajstić information content (AvgIpc) is 3.22. The van der Waals surface area contributed by atoms with Gasteiger partial charge in [0.1, 0.15) is 32.7 Å². The molecule has 160 valence electrons. The van der Waals surface area contributed by atoms with Gasteiger partial charge in [-0.25, -0.2) is 0 Å². The van der Waals surface area contributed by atoms with Gasteiger partial charge in [-0.15, -0.1) is 0 Å². The molecule has 2 aromatic carbocycles. The molecule has 0 saturated carbocycles. The van der Waals surface area contributed by atoms with Gasteiger partial charge in [-0.1, -0.05) is 32.0 Å². The van der Waals surface area contributed by atoms with Gasteiger partial charge in [0, 0.05) is 11.3 Å². The van der Waals surface area contributed by atoms with Crippen molar-refractivity contribution in [2.45, 2.75) is 39.3 Å². The van der Waals surface area contributed by atoms with Gasteiger partial charge < -0.3 is 24.6 Å². The SMILES string of the molecule is CC(C)c1ccccc1NC(=O)[C@H](C)[NH+]1CC[NH+](Cc2ccc3c(c2)OCO3)CC1. The van der Waals surface area contributed by atoms with E-state index in [1.54, 1.807) is 4.90 Å². The fourth-order valence-corrected chi connectivity index (χ4v) is 4.41. The minimum atomic E-state index is -0.0580. The van der Waals surface area contributed by atoms with Crippen molar-refractivity contribution < 1.29 is 24.1 Å². The third-order valence-electron chi connectivity index (χ3n) is 6.34. The number of carbonyl (C=O) groups is 1. The van der Waals surface area contributed by atoms with Gasteiger partial charge in [-0.05, 0) is 42.7 Å². The van der Waals surface area contributed by atoms with E-state index in [1.807, 2.05) is 31.2 Å². The maximum absolute atomic E-state index is 12.9. The van der Waals surface area contributed by atoms with E-state index in [9.17, 15) is 4.79 Å². The lowest BCUT2D eigenvalue weighted by Gasteiger charge is -2.32. The van der Waals surface area contributed by atoms with E-state index < -0.39 is 0 Å². The summed E-state index contributed by atoms with van der Waals surface area (Å²) in [6.07, 6.45) is 0. The Morgan fingerprint density at radius 2 is 1.73 bits per heavy atom. The van der Waals surface area contributed by atoms with Gasteiger partial charge in [-0.3, -0.25) is 4.79 Å². The van der Waals surface area contributed by atoms with Crippen LogP contribution in [0.25, 0.3) is 0 Å². The molecule has 2 heterocycles. The monoisotopic (exact) mass is 411 g/mol. The average molecular weight is 412 g/mol. The van der Waals surface area contributed by atoms with E-state index in [-0.39, 0.29) is 11.9 Å². The highest BCUT2D eigenvalue weighted by molar-refractivity contribution is 5.94. The van der Waals surface area contributed by atoms with Gasteiger partial charge in [0.05, 0.1) is 0 Å². The molecule has 1 atom stereocenters. The Morgan fingerprint density at radius 3 is 2.50 bits per heavy atom. The fourth-order valence-electron chi connectivity index (χ4n) is 4.41. The van der Waals surface area contributed by atoms with Crippen molar-refractivity contribution in [2.24, 2.45) is 0 Å². The summed E-state index contributed by atoms with van der Waals surface area (Å²) in [7, 11) is 0. The van der Waals surface area contributed by atoms with E-state index in [0.717, 1.165) is 49.9 Å². The highest BCUT2D eigenvalue weighted by Gasteiger charge is 2.31. The summed E-state index contributed by atoms with van der Waals surface area (Å²) in [5.74, 6) is 2.18. The molecule has 6 heteroatoms. The molecular weight excluding hydrogens is 378 g/mol. The minimum absolute atomic E-state index is 0.0580. The highest BCUT2D eigenvalue weighted by Crippen LogP contribution is 2.32. The van der Waals surface area contributed by atoms with E-state index in [1.165, 1.54) is 16.0 Å². The Bertz CT molecular complexity index is 891. The molecule has 1 saturated heterocycles. The summed E-state index contributed by atoms with van der Waals surface area (Å²) < 4.78 is 10.9. The van der Waals surface area contributed by atoms with Crippen molar-refractivity contribution in [1.82, 2.24) is 0 Å². The molecule has 0 spiro atoms. The van der Waals surface area contributed by atoms with Crippen molar-refractivity contribution in [3.63, 3.8) is 0 Å². The first kappa shape index (κ1) is 20.7. The number of amides is 1. The lowest BCUT2D eigenvalue weighted by molar-refractivity contribution is -1.02. The number of piperazine rings is 1. The molecule has 30 heavy (non-hydrogen) atoms. The zero-order chi connectivity index (χ0) is 21.1. The number of anilines is 1. The third-order valence-corrected chi connectivity index (χ3v) is 6.34. The molecular formula is C24H33N3O3+2. The Hall–Kier alpha value is -2.57. The van der Waals surface area contributed by atoms with Crippen LogP contribution in [0, 0.1) is 0 Å². The summed E-state index contributed by atoms with van der Waals surface area (Å²) in [6.45, 7) is 11.8. The van der Waals surface area contributed by atoms with Crippen molar-refractivity contribution in [3.8, 4) is 11.5 Å². The number of carbonyl (C=O) groups excluding carboxylic acids is 1. The first-order valence-electron chi connectivity index (χ1n) is 11.0. The molecule has 4 rings (SSSR count). The van der Waals surface area contributed by atoms with Crippen LogP contribution >= 0.6 is 0 Å². The van der Waals surface area contributed by atoms with Crippen molar-refractivity contribution in [3.05, 3.63) is 53.6 Å². The van der Waals surface area contributed by atoms with Crippen molar-refractivity contribution in [1.29, 1.82) is 0 Å². The first-order valence-corrected chi connectivity index (χ1v) is 11.0. The van der Waals surface area contributed by atoms with Crippen LogP contribution in [0.4, 0.5) is 5.69 Å². The molecule has 2 aliphatic heterocycles. The summed E-state index contributed by atoms with van der Waals surface area (Å²) >= 11 is 0. The maximum atomic E-state index is 12.9. The molecule has 1 fully saturated rings. The van der Waals surface area contributed by atoms with Crippen LogP contribution in [0.1, 0.15) is 37.8 Å². The number of ether oxygens (including phenoxy) is 2. The molecule has 6 nitrogen and oxygen atoms in total. The second-order valence-corrected chi connectivity index (χ2v) is 8.73. The van der Waals surface area contributed by atoms with Gasteiger partial charge in [-0.2, -0.15) is 0 Å². The molecule has 0 aliphatic carbocycles. The predicted octanol–water partition coefficient (Wildman–Crippen LogP) is 0.849. The molecule has 0 unspecified atom stereocenters. The lowest BCUT2D eigenvalue weighted by atomic mass is 10.0. The number of hydrogen-bond donors (Lipinski definition) is 3. The predicted molar refractivity (Wildman–Crippen MR) is 116 cm³/mol. The number of para-hydroxylation sites is 1. The number of quaternary nitrogens is 2. The second kappa shape index (κ2) is 9.06. The minimum Gasteiger partial charge on any atom is -0.454 e. The van der Waals surface area contributed by atoms with E-state index in [2.05, 4.69) is 37.4 Å². The summed E-state index contributed by atoms with van der Waals surface area (Å²) in [4.78, 5) is 15.8. The van der Waals surface area contributed by atoms with Crippen LogP contribution in [-0.4, -0.2) is 44.9 Å². The lowest BCUT2D eigenvalue weighted by Crippen LogP contribution is -3.29. The third kappa shape index (κ3) is 4.60. The van der Waals surface area contributed by atoms with Gasteiger partial charge in [0.25, 0.3) is 5.91 Å². The standard InChI is InChI=1S/C24H31N3O3/c1-17(2)20-6-4-5-7-21(20)25-24(28)18(3)27-12-10-26(11-13-27)15-19-8-9-22-23(14-19)30-16-29-22/h4-9,14,17-18H,10-13,15-16H2,1-3H3,(H,25,28)/p+2/t18-/m0/s1. The zero-order valence-corrected chi connectivity index (χ0v) is 18.2. The molecule has 0 radical (unpaired) electrons. The van der Waals surface area contributed by atoms with Gasteiger partial charge in [0.2, 0.25) is 6.79 Å². The van der Waals surface area contributed by atoms with Crippen LogP contribution in [0.15, 0.2) is 42.5 Å². The topological polar surface area (TPSA) is 56.4 Å². The van der Waals surface area contributed by atoms with Crippen LogP contribution in [0.2, 0.25) is 0 Å². The maximum Gasteiger partial charge on any atom is 0.282 e.